The van der Waals surface area contributed by atoms with Crippen LogP contribution in [-0.2, 0) is 18.0 Å². The summed E-state index contributed by atoms with van der Waals surface area (Å²) in [6.45, 7) is 9.74. The van der Waals surface area contributed by atoms with Crippen LogP contribution in [-0.4, -0.2) is 3.26 Å². The quantitative estimate of drug-likeness (QED) is 0.120. The predicted molar refractivity (Wildman–Crippen MR) is 234 cm³/mol. The molecule has 1 heteroatoms. The van der Waals surface area contributed by atoms with Crippen LogP contribution in [0.3, 0.4) is 0 Å². The summed E-state index contributed by atoms with van der Waals surface area (Å²) in [4.78, 5) is 0. The van der Waals surface area contributed by atoms with Crippen LogP contribution in [0.4, 0.5) is 0 Å². The molecule has 0 saturated carbocycles. The first-order valence-corrected chi connectivity index (χ1v) is 33.2. The predicted octanol–water partition coefficient (Wildman–Crippen LogP) is 15.2. The molecule has 2 aliphatic rings. The van der Waals surface area contributed by atoms with Gasteiger partial charge in [-0.2, -0.15) is 0 Å². The van der Waals surface area contributed by atoms with Crippen molar-refractivity contribution in [3.8, 4) is 44.5 Å². The average molecular weight is 870 g/mol. The van der Waals surface area contributed by atoms with Gasteiger partial charge in [0.15, 0.2) is 0 Å². The Balaban J connectivity index is 1.33. The molecule has 0 heterocycles. The molecule has 0 fully saturated rings. The summed E-state index contributed by atoms with van der Waals surface area (Å²) in [7, 11) is 0. The maximum atomic E-state index is 2.85. The van der Waals surface area contributed by atoms with Crippen LogP contribution in [0.5, 0.6) is 0 Å². The van der Waals surface area contributed by atoms with Crippen molar-refractivity contribution in [3.05, 3.63) is 180 Å². The van der Waals surface area contributed by atoms with Crippen molar-refractivity contribution in [1.29, 1.82) is 0 Å². The summed E-state index contributed by atoms with van der Waals surface area (Å²) in [6, 6.07) is 54.1. The topological polar surface area (TPSA) is 0 Å². The Morgan fingerprint density at radius 1 is 0.426 bits per heavy atom. The number of rotatable bonds is 10. The summed E-state index contributed by atoms with van der Waals surface area (Å²) in [6.07, 6.45) is 12.7. The monoisotopic (exact) mass is 870 g/mol. The van der Waals surface area contributed by atoms with Crippen molar-refractivity contribution in [2.45, 2.75) is 57.2 Å². The summed E-state index contributed by atoms with van der Waals surface area (Å²) in [5, 5.41) is 0. The van der Waals surface area contributed by atoms with Crippen molar-refractivity contribution >= 4 is 15.4 Å². The summed E-state index contributed by atoms with van der Waals surface area (Å²) >= 11 is -4.31. The Kier molecular flexibility index (Phi) is 9.90. The van der Waals surface area contributed by atoms with E-state index in [0.29, 0.717) is 19.2 Å². The number of allylic oxidation sites excluding steroid dienone is 2. The SMILES string of the molecule is CC(C)C[C](CC(C)C)=[Hf]([CH3])([CH3])([CH]1C=Cc2c(-c3ccccc3-c3ccccc3)cccc21)[CH]1C=Cc2c(-c3ccccc3-c3ccccc3)cccc21. The molecule has 0 saturated heterocycles. The van der Waals surface area contributed by atoms with Gasteiger partial charge >= 0.3 is 327 Å². The molecule has 6 aromatic carbocycles. The van der Waals surface area contributed by atoms with Gasteiger partial charge in [-0.3, -0.25) is 0 Å². The van der Waals surface area contributed by atoms with E-state index in [1.165, 1.54) is 79.6 Å². The Labute approximate surface area is 324 Å². The third-order valence-corrected chi connectivity index (χ3v) is 39.7. The third kappa shape index (κ3) is 6.33. The van der Waals surface area contributed by atoms with E-state index in [1.807, 2.05) is 3.26 Å². The second kappa shape index (κ2) is 14.6. The first kappa shape index (κ1) is 36.5. The summed E-state index contributed by atoms with van der Waals surface area (Å²) in [5.74, 6) is 1.22. The van der Waals surface area contributed by atoms with Crippen LogP contribution in [0.15, 0.2) is 158 Å². The van der Waals surface area contributed by atoms with Gasteiger partial charge in [-0.25, -0.2) is 0 Å². The van der Waals surface area contributed by atoms with Gasteiger partial charge in [-0.15, -0.1) is 0 Å². The molecule has 0 spiro atoms. The Morgan fingerprint density at radius 3 is 1.17 bits per heavy atom. The van der Waals surface area contributed by atoms with E-state index in [-0.39, 0.29) is 0 Å². The van der Waals surface area contributed by atoms with Gasteiger partial charge in [0.1, 0.15) is 0 Å². The van der Waals surface area contributed by atoms with Crippen molar-refractivity contribution in [3.63, 3.8) is 0 Å². The standard InChI is InChI=1S/2C21H15.C9H18.2CH3.Hf/c2*1-2-8-16(9-3-1)18-12-4-5-13-20(18)21-15-7-11-17-10-6-14-19(17)21;1-8(2)6-5-7-9(3)4;;;/h2*1-15H;8-9H,6-7H2,1-4H3;2*1H3;. The fraction of sp³-hybridized carbons (Fsp3) is 0.226. The Morgan fingerprint density at radius 2 is 0.778 bits per heavy atom. The van der Waals surface area contributed by atoms with E-state index in [9.17, 15) is 0 Å². The number of hydrogen-bond acceptors (Lipinski definition) is 0. The molecule has 0 aromatic heterocycles. The van der Waals surface area contributed by atoms with E-state index < -0.39 is 18.0 Å². The van der Waals surface area contributed by atoms with Gasteiger partial charge in [0, 0.05) is 0 Å². The van der Waals surface area contributed by atoms with Crippen LogP contribution < -0.4 is 0 Å². The zero-order valence-corrected chi connectivity index (χ0v) is 36.5. The molecule has 2 aliphatic carbocycles. The molecule has 0 amide bonds. The van der Waals surface area contributed by atoms with Crippen molar-refractivity contribution in [2.24, 2.45) is 11.8 Å². The first-order chi connectivity index (χ1) is 26.1. The molecule has 0 aliphatic heterocycles. The summed E-state index contributed by atoms with van der Waals surface area (Å²) < 4.78 is 8.41. The number of hydrogen-bond donors (Lipinski definition) is 0. The third-order valence-electron chi connectivity index (χ3n) is 12.8. The average Bonchev–Trinajstić information content (AvgIpc) is 3.85. The van der Waals surface area contributed by atoms with E-state index in [4.69, 9.17) is 0 Å². The molecule has 0 nitrogen and oxygen atoms in total. The molecule has 0 N–H and O–H groups in total. The van der Waals surface area contributed by atoms with Crippen molar-refractivity contribution in [1.82, 2.24) is 0 Å². The van der Waals surface area contributed by atoms with Gasteiger partial charge in [0.05, 0.1) is 0 Å². The van der Waals surface area contributed by atoms with Gasteiger partial charge in [0.25, 0.3) is 0 Å². The second-order valence-corrected chi connectivity index (χ2v) is 43.3. The summed E-state index contributed by atoms with van der Waals surface area (Å²) in [5.41, 5.74) is 16.4. The molecule has 2 atom stereocenters. The molecule has 0 bridgehead atoms. The minimum absolute atomic E-state index is 0.411. The molecule has 8 rings (SSSR count). The van der Waals surface area contributed by atoms with Crippen LogP contribution in [0.25, 0.3) is 56.7 Å². The molecular weight excluding hydrogens is 815 g/mol. The Hall–Kier alpha value is -4.46. The second-order valence-electron chi connectivity index (χ2n) is 17.5. The fourth-order valence-corrected chi connectivity index (χ4v) is 36.0. The normalized spacial score (nSPS) is 16.2. The minimum atomic E-state index is -4.31. The van der Waals surface area contributed by atoms with Crippen LogP contribution in [0.1, 0.15) is 70.1 Å². The van der Waals surface area contributed by atoms with E-state index in [2.05, 4.69) is 207 Å². The van der Waals surface area contributed by atoms with Gasteiger partial charge in [0.2, 0.25) is 0 Å². The van der Waals surface area contributed by atoms with Crippen LogP contribution >= 0.6 is 0 Å². The maximum absolute atomic E-state index is 4.31. The zero-order chi connectivity index (χ0) is 37.5. The molecular formula is C53H54Hf. The van der Waals surface area contributed by atoms with Crippen molar-refractivity contribution in [2.75, 3.05) is 0 Å². The fourth-order valence-electron chi connectivity index (χ4n) is 10.2. The molecule has 0 radical (unpaired) electrons. The zero-order valence-electron chi connectivity index (χ0n) is 32.9. The van der Waals surface area contributed by atoms with Crippen molar-refractivity contribution < 1.29 is 18.0 Å². The van der Waals surface area contributed by atoms with Gasteiger partial charge < -0.3 is 0 Å². The van der Waals surface area contributed by atoms with Gasteiger partial charge in [-0.1, -0.05) is 0 Å². The molecule has 2 unspecified atom stereocenters. The van der Waals surface area contributed by atoms with Crippen LogP contribution in [0, 0.1) is 11.8 Å². The number of fused-ring (bicyclic) bond motifs is 2. The van der Waals surface area contributed by atoms with E-state index in [1.54, 1.807) is 0 Å². The molecule has 6 aromatic rings. The molecule has 54 heavy (non-hydrogen) atoms. The van der Waals surface area contributed by atoms with Crippen LogP contribution in [0.2, 0.25) is 9.36 Å². The van der Waals surface area contributed by atoms with E-state index >= 15 is 0 Å². The molecule has 270 valence electrons. The Bertz CT molecular complexity index is 2280. The van der Waals surface area contributed by atoms with E-state index in [0.717, 1.165) is 0 Å². The van der Waals surface area contributed by atoms with Gasteiger partial charge in [-0.05, 0) is 0 Å². The number of benzene rings is 6. The first-order valence-electron chi connectivity index (χ1n) is 20.1.